The minimum absolute atomic E-state index is 0.0479. The molecule has 0 spiro atoms. The number of nitrogens with zero attached hydrogens (tertiary/aromatic N) is 2. The monoisotopic (exact) mass is 307 g/mol. The molecule has 0 aliphatic carbocycles. The Bertz CT molecular complexity index is 547. The van der Waals surface area contributed by atoms with Crippen LogP contribution in [0.3, 0.4) is 0 Å². The lowest BCUT2D eigenvalue weighted by molar-refractivity contribution is -0.385. The summed E-state index contributed by atoms with van der Waals surface area (Å²) >= 11 is 0. The average Bonchev–Trinajstić information content (AvgIpc) is 2.52. The first-order chi connectivity index (χ1) is 10.5. The molecule has 2 atom stereocenters. The van der Waals surface area contributed by atoms with E-state index in [9.17, 15) is 14.9 Å². The molecule has 0 bridgehead atoms. The number of carbonyl (C=O) groups is 1. The van der Waals surface area contributed by atoms with Crippen molar-refractivity contribution in [1.29, 1.82) is 0 Å². The largest absolute Gasteiger partial charge is 0.477 e. The Labute approximate surface area is 129 Å². The van der Waals surface area contributed by atoms with E-state index in [-0.39, 0.29) is 30.0 Å². The maximum Gasteiger partial charge on any atom is 0.310 e. The van der Waals surface area contributed by atoms with Crippen molar-refractivity contribution >= 4 is 11.6 Å². The lowest BCUT2D eigenvalue weighted by Crippen LogP contribution is -2.46. The maximum atomic E-state index is 12.2. The van der Waals surface area contributed by atoms with Gasteiger partial charge in [-0.25, -0.2) is 0 Å². The van der Waals surface area contributed by atoms with E-state index in [2.05, 4.69) is 0 Å². The van der Waals surface area contributed by atoms with E-state index in [4.69, 9.17) is 10.5 Å². The number of nitro benzene ring substituents is 1. The van der Waals surface area contributed by atoms with E-state index in [1.807, 2.05) is 6.92 Å². The highest BCUT2D eigenvalue weighted by molar-refractivity contribution is 5.78. The van der Waals surface area contributed by atoms with Crippen molar-refractivity contribution in [1.82, 2.24) is 4.90 Å². The molecule has 0 radical (unpaired) electrons. The van der Waals surface area contributed by atoms with Gasteiger partial charge in [0.1, 0.15) is 0 Å². The number of carbonyl (C=O) groups excluding carboxylic acids is 1. The maximum absolute atomic E-state index is 12.2. The third-order valence-electron chi connectivity index (χ3n) is 3.97. The second-order valence-corrected chi connectivity index (χ2v) is 5.61. The van der Waals surface area contributed by atoms with Gasteiger partial charge in [0.05, 0.1) is 4.92 Å². The van der Waals surface area contributed by atoms with Gasteiger partial charge < -0.3 is 15.4 Å². The van der Waals surface area contributed by atoms with Crippen molar-refractivity contribution in [3.63, 3.8) is 0 Å². The Balaban J connectivity index is 1.94. The molecule has 7 nitrogen and oxygen atoms in total. The second kappa shape index (κ2) is 7.22. The van der Waals surface area contributed by atoms with Gasteiger partial charge >= 0.3 is 5.69 Å². The van der Waals surface area contributed by atoms with Crippen LogP contribution < -0.4 is 10.5 Å². The van der Waals surface area contributed by atoms with E-state index in [0.29, 0.717) is 19.0 Å². The van der Waals surface area contributed by atoms with Crippen LogP contribution in [0.15, 0.2) is 24.3 Å². The fourth-order valence-corrected chi connectivity index (χ4v) is 2.63. The van der Waals surface area contributed by atoms with E-state index < -0.39 is 4.92 Å². The second-order valence-electron chi connectivity index (χ2n) is 5.61. The molecule has 1 heterocycles. The van der Waals surface area contributed by atoms with E-state index in [1.165, 1.54) is 12.1 Å². The van der Waals surface area contributed by atoms with Gasteiger partial charge in [0, 0.05) is 25.2 Å². The normalized spacial score (nSPS) is 19.5. The van der Waals surface area contributed by atoms with Crippen LogP contribution in [0.25, 0.3) is 0 Å². The van der Waals surface area contributed by atoms with Gasteiger partial charge in [-0.3, -0.25) is 14.9 Å². The van der Waals surface area contributed by atoms with Crippen LogP contribution >= 0.6 is 0 Å². The first-order valence-corrected chi connectivity index (χ1v) is 7.38. The van der Waals surface area contributed by atoms with Crippen molar-refractivity contribution in [2.75, 3.05) is 19.7 Å². The Kier molecular flexibility index (Phi) is 5.32. The number of ether oxygens (including phenoxy) is 1. The molecule has 1 aliphatic rings. The number of benzene rings is 1. The molecule has 1 amide bonds. The summed E-state index contributed by atoms with van der Waals surface area (Å²) in [4.78, 5) is 24.3. The number of rotatable bonds is 5. The van der Waals surface area contributed by atoms with Crippen molar-refractivity contribution < 1.29 is 14.5 Å². The quantitative estimate of drug-likeness (QED) is 0.657. The van der Waals surface area contributed by atoms with Crippen LogP contribution in [-0.2, 0) is 4.79 Å². The zero-order valence-corrected chi connectivity index (χ0v) is 12.6. The van der Waals surface area contributed by atoms with Crippen molar-refractivity contribution in [2.24, 2.45) is 11.7 Å². The van der Waals surface area contributed by atoms with Gasteiger partial charge in [0.15, 0.2) is 12.4 Å². The first-order valence-electron chi connectivity index (χ1n) is 7.38. The van der Waals surface area contributed by atoms with Crippen LogP contribution in [-0.4, -0.2) is 41.5 Å². The molecule has 7 heteroatoms. The number of nitrogens with two attached hydrogens (primary N) is 1. The molecule has 120 valence electrons. The van der Waals surface area contributed by atoms with Crippen molar-refractivity contribution in [3.05, 3.63) is 34.4 Å². The van der Waals surface area contributed by atoms with Gasteiger partial charge in [-0.05, 0) is 31.7 Å². The topological polar surface area (TPSA) is 98.7 Å². The predicted molar refractivity (Wildman–Crippen MR) is 81.5 cm³/mol. The molecule has 2 rings (SSSR count). The van der Waals surface area contributed by atoms with Gasteiger partial charge in [0.25, 0.3) is 5.91 Å². The number of para-hydroxylation sites is 2. The van der Waals surface area contributed by atoms with Gasteiger partial charge in [-0.2, -0.15) is 0 Å². The van der Waals surface area contributed by atoms with E-state index in [0.717, 1.165) is 12.8 Å². The summed E-state index contributed by atoms with van der Waals surface area (Å²) < 4.78 is 5.35. The summed E-state index contributed by atoms with van der Waals surface area (Å²) in [6.45, 7) is 3.05. The third kappa shape index (κ3) is 3.94. The van der Waals surface area contributed by atoms with Crippen LogP contribution in [0.4, 0.5) is 5.69 Å². The molecule has 0 aromatic heterocycles. The molecule has 1 aromatic carbocycles. The smallest absolute Gasteiger partial charge is 0.310 e. The lowest BCUT2D eigenvalue weighted by atomic mass is 9.92. The molecule has 1 aliphatic heterocycles. The number of hydrogen-bond acceptors (Lipinski definition) is 5. The summed E-state index contributed by atoms with van der Waals surface area (Å²) in [7, 11) is 0. The predicted octanol–water partition coefficient (Wildman–Crippen LogP) is 1.56. The fraction of sp³-hybridized carbons (Fsp3) is 0.533. The zero-order chi connectivity index (χ0) is 16.1. The summed E-state index contributed by atoms with van der Waals surface area (Å²) in [5.74, 6) is 0.244. The molecule has 2 N–H and O–H groups in total. The molecule has 22 heavy (non-hydrogen) atoms. The van der Waals surface area contributed by atoms with Gasteiger partial charge in [-0.1, -0.05) is 12.1 Å². The Hall–Kier alpha value is -2.15. The Morgan fingerprint density at radius 1 is 1.55 bits per heavy atom. The zero-order valence-electron chi connectivity index (χ0n) is 12.6. The molecular formula is C15H21N3O4. The first kappa shape index (κ1) is 16.2. The highest BCUT2D eigenvalue weighted by Crippen LogP contribution is 2.26. The SMILES string of the molecule is CC(N)C1CCCN(C(=O)COc2ccccc2[N+](=O)[O-])C1. The van der Waals surface area contributed by atoms with E-state index in [1.54, 1.807) is 17.0 Å². The van der Waals surface area contributed by atoms with Gasteiger partial charge in [0.2, 0.25) is 0 Å². The molecule has 0 saturated carbocycles. The standard InChI is InChI=1S/C15H21N3O4/c1-11(16)12-5-4-8-17(9-12)15(19)10-22-14-7-3-2-6-13(14)18(20)21/h2-3,6-7,11-12H,4-5,8-10,16H2,1H3. The summed E-state index contributed by atoms with van der Waals surface area (Å²) in [6.07, 6.45) is 1.94. The Morgan fingerprint density at radius 3 is 2.95 bits per heavy atom. The van der Waals surface area contributed by atoms with Crippen LogP contribution in [0.2, 0.25) is 0 Å². The van der Waals surface area contributed by atoms with Crippen LogP contribution in [0.1, 0.15) is 19.8 Å². The molecule has 1 fully saturated rings. The minimum Gasteiger partial charge on any atom is -0.477 e. The van der Waals surface area contributed by atoms with Crippen molar-refractivity contribution in [3.8, 4) is 5.75 Å². The highest BCUT2D eigenvalue weighted by Gasteiger charge is 2.26. The summed E-state index contributed by atoms with van der Waals surface area (Å²) in [5.41, 5.74) is 5.77. The molecular weight excluding hydrogens is 286 g/mol. The molecule has 1 aromatic rings. The van der Waals surface area contributed by atoms with Crippen LogP contribution in [0, 0.1) is 16.0 Å². The van der Waals surface area contributed by atoms with Gasteiger partial charge in [-0.15, -0.1) is 0 Å². The molecule has 2 unspecified atom stereocenters. The fourth-order valence-electron chi connectivity index (χ4n) is 2.63. The highest BCUT2D eigenvalue weighted by atomic mass is 16.6. The number of piperidine rings is 1. The van der Waals surface area contributed by atoms with Crippen LogP contribution in [0.5, 0.6) is 5.75 Å². The number of nitro groups is 1. The summed E-state index contributed by atoms with van der Waals surface area (Å²) in [6, 6.07) is 6.09. The van der Waals surface area contributed by atoms with Crippen molar-refractivity contribution in [2.45, 2.75) is 25.8 Å². The Morgan fingerprint density at radius 2 is 2.27 bits per heavy atom. The minimum atomic E-state index is -0.521. The number of amides is 1. The summed E-state index contributed by atoms with van der Waals surface area (Å²) in [5, 5.41) is 10.9. The lowest BCUT2D eigenvalue weighted by Gasteiger charge is -2.34. The average molecular weight is 307 g/mol. The number of hydrogen-bond donors (Lipinski definition) is 1. The number of likely N-dealkylation sites (tertiary alicyclic amines) is 1. The van der Waals surface area contributed by atoms with E-state index >= 15 is 0 Å². The molecule has 1 saturated heterocycles. The third-order valence-corrected chi connectivity index (χ3v) is 3.97.